The largest absolute Gasteiger partial charge is 0.341 e. The van der Waals surface area contributed by atoms with Crippen LogP contribution in [0, 0.1) is 11.8 Å². The fraction of sp³-hybridized carbons (Fsp3) is 0.111. The fourth-order valence-corrected chi connectivity index (χ4v) is 3.98. The lowest BCUT2D eigenvalue weighted by molar-refractivity contribution is -0.361. The van der Waals surface area contributed by atoms with E-state index in [1.165, 1.54) is 17.0 Å². The predicted molar refractivity (Wildman–Crippen MR) is 138 cm³/mol. The molecular formula is C27H23N8O2+. The second-order valence-corrected chi connectivity index (χ2v) is 8.35. The lowest BCUT2D eigenvalue weighted by Crippen LogP contribution is -2.34. The van der Waals surface area contributed by atoms with Crippen molar-refractivity contribution in [1.29, 1.82) is 0 Å². The standard InChI is InChI=1S/C27H22N8O2/c1-17(32-26(36)23-24(28)30-14-13-29-23)25-33-21-10-6-7-19(12-11-18-15-31-34(2)16-18)22(21)27(37)35(25)20-8-4-3-5-9-20/h3-10,13-17H,1-2H3,(H2,28,30)(H,32,36)/p+1. The molecule has 5 rings (SSSR count). The molecule has 0 fully saturated rings. The molecule has 5 aromatic rings. The molecule has 3 aromatic heterocycles. The lowest BCUT2D eigenvalue weighted by Gasteiger charge is -2.19. The molecule has 1 unspecified atom stereocenters. The van der Waals surface area contributed by atoms with Crippen LogP contribution in [0.3, 0.4) is 0 Å². The van der Waals surface area contributed by atoms with E-state index in [2.05, 4.69) is 32.2 Å². The van der Waals surface area contributed by atoms with E-state index in [0.717, 1.165) is 5.56 Å². The van der Waals surface area contributed by atoms with Gasteiger partial charge in [0.2, 0.25) is 5.69 Å². The first-order valence-corrected chi connectivity index (χ1v) is 11.5. The number of nitrogen functional groups attached to an aromatic ring is 1. The number of para-hydroxylation sites is 1. The van der Waals surface area contributed by atoms with Gasteiger partial charge in [0, 0.05) is 18.8 Å². The minimum atomic E-state index is -0.656. The average molecular weight is 492 g/mol. The quantitative estimate of drug-likeness (QED) is 0.368. The van der Waals surface area contributed by atoms with Crippen LogP contribution >= 0.6 is 0 Å². The lowest BCUT2D eigenvalue weighted by atomic mass is 10.1. The first kappa shape index (κ1) is 23.4. The summed E-state index contributed by atoms with van der Waals surface area (Å²) in [6, 6.07) is 13.8. The number of nitrogens with one attached hydrogen (secondary N) is 2. The molecule has 0 aliphatic carbocycles. The molecule has 182 valence electrons. The van der Waals surface area contributed by atoms with E-state index in [0.29, 0.717) is 28.0 Å². The van der Waals surface area contributed by atoms with Crippen LogP contribution in [0.25, 0.3) is 16.6 Å². The number of anilines is 1. The van der Waals surface area contributed by atoms with E-state index in [1.807, 2.05) is 37.4 Å². The molecule has 2 aromatic carbocycles. The summed E-state index contributed by atoms with van der Waals surface area (Å²) in [6.45, 7) is 1.75. The summed E-state index contributed by atoms with van der Waals surface area (Å²) in [6.07, 6.45) is 6.43. The zero-order chi connectivity index (χ0) is 25.9. The molecular weight excluding hydrogens is 468 g/mol. The van der Waals surface area contributed by atoms with Crippen molar-refractivity contribution in [3.05, 3.63) is 106 Å². The molecule has 1 amide bonds. The maximum absolute atomic E-state index is 14.0. The van der Waals surface area contributed by atoms with E-state index in [9.17, 15) is 9.59 Å². The van der Waals surface area contributed by atoms with Gasteiger partial charge in [-0.15, -0.1) is 0 Å². The Hall–Kier alpha value is -5.30. The molecule has 0 saturated heterocycles. The number of fused-ring (bicyclic) bond motifs is 1. The number of rotatable bonds is 4. The fourth-order valence-electron chi connectivity index (χ4n) is 3.98. The Kier molecular flexibility index (Phi) is 6.18. The van der Waals surface area contributed by atoms with Gasteiger partial charge < -0.3 is 5.32 Å². The number of aryl methyl sites for hydroxylation is 1. The summed E-state index contributed by atoms with van der Waals surface area (Å²) in [5.41, 5.74) is 7.99. The highest BCUT2D eigenvalue weighted by molar-refractivity contribution is 5.95. The van der Waals surface area contributed by atoms with Crippen molar-refractivity contribution < 1.29 is 9.78 Å². The Labute approximate surface area is 211 Å². The second kappa shape index (κ2) is 9.75. The van der Waals surface area contributed by atoms with Gasteiger partial charge in [0.15, 0.2) is 0 Å². The third-order valence-electron chi connectivity index (χ3n) is 5.71. The third kappa shape index (κ3) is 4.66. The summed E-state index contributed by atoms with van der Waals surface area (Å²) in [5, 5.41) is 7.37. The van der Waals surface area contributed by atoms with Crippen molar-refractivity contribution in [3.63, 3.8) is 0 Å². The number of hydrogen-bond acceptors (Lipinski definition) is 6. The number of carbonyl (C=O) groups excluding carboxylic acids is 1. The van der Waals surface area contributed by atoms with Crippen LogP contribution in [-0.2, 0) is 7.05 Å². The Morgan fingerprint density at radius 2 is 1.95 bits per heavy atom. The van der Waals surface area contributed by atoms with Gasteiger partial charge in [-0.3, -0.25) is 24.6 Å². The van der Waals surface area contributed by atoms with Gasteiger partial charge in [0.1, 0.15) is 12.0 Å². The molecule has 37 heavy (non-hydrogen) atoms. The van der Waals surface area contributed by atoms with Gasteiger partial charge >= 0.3 is 5.82 Å². The first-order valence-electron chi connectivity index (χ1n) is 11.5. The Bertz CT molecular complexity index is 1750. The Balaban J connectivity index is 1.65. The maximum atomic E-state index is 14.0. The Morgan fingerprint density at radius 1 is 1.14 bits per heavy atom. The van der Waals surface area contributed by atoms with Crippen LogP contribution < -0.4 is 21.6 Å². The molecule has 0 spiro atoms. The summed E-state index contributed by atoms with van der Waals surface area (Å²) in [4.78, 5) is 38.5. The van der Waals surface area contributed by atoms with Crippen molar-refractivity contribution in [2.24, 2.45) is 7.05 Å². The van der Waals surface area contributed by atoms with E-state index >= 15 is 0 Å². The highest BCUT2D eigenvalue weighted by Crippen LogP contribution is 2.20. The smallest absolute Gasteiger partial charge is 0.302 e. The number of aromatic nitrogens is 6. The normalized spacial score (nSPS) is 11.5. The number of hydrogen-bond donors (Lipinski definition) is 2. The van der Waals surface area contributed by atoms with E-state index in [4.69, 9.17) is 10.7 Å². The average Bonchev–Trinajstić information content (AvgIpc) is 3.32. The van der Waals surface area contributed by atoms with Gasteiger partial charge in [-0.25, -0.2) is 15.0 Å². The van der Waals surface area contributed by atoms with E-state index in [1.54, 1.807) is 42.2 Å². The number of carbonyl (C=O) groups is 1. The number of H-pyrrole nitrogens is 1. The van der Waals surface area contributed by atoms with Crippen LogP contribution in [-0.4, -0.2) is 30.2 Å². The molecule has 0 bridgehead atoms. The van der Waals surface area contributed by atoms with Crippen LogP contribution in [0.15, 0.2) is 78.1 Å². The van der Waals surface area contributed by atoms with E-state index < -0.39 is 11.9 Å². The van der Waals surface area contributed by atoms with Crippen LogP contribution in [0.1, 0.15) is 40.4 Å². The highest BCUT2D eigenvalue weighted by Gasteiger charge is 2.23. The maximum Gasteiger partial charge on any atom is 0.302 e. The summed E-state index contributed by atoms with van der Waals surface area (Å²) < 4.78 is 3.16. The third-order valence-corrected chi connectivity index (χ3v) is 5.71. The number of nitrogens with two attached hydrogens (primary N) is 1. The predicted octanol–water partition coefficient (Wildman–Crippen LogP) is 1.80. The van der Waals surface area contributed by atoms with Crippen molar-refractivity contribution in [1.82, 2.24) is 29.6 Å². The van der Waals surface area contributed by atoms with Crippen LogP contribution in [0.2, 0.25) is 0 Å². The Morgan fingerprint density at radius 3 is 2.68 bits per heavy atom. The monoisotopic (exact) mass is 491 g/mol. The second-order valence-electron chi connectivity index (χ2n) is 8.35. The highest BCUT2D eigenvalue weighted by atomic mass is 16.2. The van der Waals surface area contributed by atoms with Crippen LogP contribution in [0.5, 0.6) is 0 Å². The van der Waals surface area contributed by atoms with Gasteiger partial charge in [-0.05, 0) is 31.2 Å². The SMILES string of the molecule is CC(NC(=O)c1ncc[nH+]c1N)c1nc2cccc(C#Cc3cnn(C)c3)c2c(=O)n1-c1ccccc1. The van der Waals surface area contributed by atoms with Gasteiger partial charge in [0.25, 0.3) is 11.5 Å². The number of aromatic amines is 1. The number of amides is 1. The van der Waals surface area contributed by atoms with Crippen molar-refractivity contribution in [2.75, 3.05) is 5.73 Å². The topological polar surface area (TPSA) is 135 Å². The minimum absolute atomic E-state index is 0.0525. The zero-order valence-corrected chi connectivity index (χ0v) is 20.1. The number of benzene rings is 2. The van der Waals surface area contributed by atoms with Crippen molar-refractivity contribution in [3.8, 4) is 17.5 Å². The van der Waals surface area contributed by atoms with E-state index in [-0.39, 0.29) is 17.1 Å². The molecule has 4 N–H and O–H groups in total. The van der Waals surface area contributed by atoms with Crippen molar-refractivity contribution >= 4 is 22.6 Å². The molecule has 0 aliphatic rings. The molecule has 0 radical (unpaired) electrons. The minimum Gasteiger partial charge on any atom is -0.341 e. The molecule has 3 heterocycles. The van der Waals surface area contributed by atoms with Gasteiger partial charge in [-0.2, -0.15) is 5.10 Å². The first-order chi connectivity index (χ1) is 17.9. The zero-order valence-electron chi connectivity index (χ0n) is 20.1. The molecule has 0 saturated carbocycles. The van der Waals surface area contributed by atoms with Gasteiger partial charge in [-0.1, -0.05) is 36.1 Å². The summed E-state index contributed by atoms with van der Waals surface area (Å²) >= 11 is 0. The van der Waals surface area contributed by atoms with Gasteiger partial charge in [0.05, 0.1) is 40.6 Å². The molecule has 10 heteroatoms. The van der Waals surface area contributed by atoms with Crippen LogP contribution in [0.4, 0.5) is 5.82 Å². The molecule has 1 atom stereocenters. The summed E-state index contributed by atoms with van der Waals surface area (Å²) in [5.74, 6) is 6.15. The summed E-state index contributed by atoms with van der Waals surface area (Å²) in [7, 11) is 1.81. The molecule has 10 nitrogen and oxygen atoms in total. The molecule has 0 aliphatic heterocycles. The number of nitrogens with zero attached hydrogens (tertiary/aromatic N) is 5. The van der Waals surface area contributed by atoms with Crippen molar-refractivity contribution in [2.45, 2.75) is 13.0 Å².